The maximum atomic E-state index is 13.6. The number of para-hydroxylation sites is 1. The highest BCUT2D eigenvalue weighted by molar-refractivity contribution is 7.93. The molecule has 1 aromatic heterocycles. The van der Waals surface area contributed by atoms with Crippen LogP contribution in [0.25, 0.3) is 5.69 Å². The van der Waals surface area contributed by atoms with Crippen LogP contribution >= 0.6 is 0 Å². The van der Waals surface area contributed by atoms with Crippen LogP contribution < -0.4 is 14.2 Å². The SMILES string of the molecule is C=NC(=NC=C(C)C)[C@@H](C)[C@H](C)S(=O)(=O)Nc1nnc([C@H]2CCO[C@@H]2C)n1-c1c(OC)cccc1OC. The van der Waals surface area contributed by atoms with Crippen LogP contribution in [0.15, 0.2) is 40.0 Å². The molecule has 1 N–H and O–H groups in total. The third-order valence-electron chi connectivity index (χ3n) is 6.47. The predicted molar refractivity (Wildman–Crippen MR) is 145 cm³/mol. The van der Waals surface area contributed by atoms with E-state index in [4.69, 9.17) is 14.2 Å². The van der Waals surface area contributed by atoms with Gasteiger partial charge in [-0.2, -0.15) is 0 Å². The maximum Gasteiger partial charge on any atom is 0.243 e. The molecule has 0 saturated carbocycles. The summed E-state index contributed by atoms with van der Waals surface area (Å²) in [5.41, 5.74) is 1.45. The lowest BCUT2D eigenvalue weighted by molar-refractivity contribution is 0.117. The molecule has 0 unspecified atom stereocenters. The zero-order chi connectivity index (χ0) is 27.3. The van der Waals surface area contributed by atoms with Crippen molar-refractivity contribution in [2.45, 2.75) is 58.3 Å². The number of rotatable bonds is 10. The molecule has 0 spiro atoms. The summed E-state index contributed by atoms with van der Waals surface area (Å²) in [4.78, 5) is 8.27. The molecule has 0 amide bonds. The fourth-order valence-electron chi connectivity index (χ4n) is 4.14. The Morgan fingerprint density at radius 3 is 2.41 bits per heavy atom. The van der Waals surface area contributed by atoms with Crippen LogP contribution in [-0.2, 0) is 14.8 Å². The van der Waals surface area contributed by atoms with Gasteiger partial charge in [0.25, 0.3) is 0 Å². The molecular weight excluding hydrogens is 496 g/mol. The number of hydrogen-bond acceptors (Lipinski definition) is 8. The number of anilines is 1. The fourth-order valence-corrected chi connectivity index (χ4v) is 5.37. The van der Waals surface area contributed by atoms with Crippen molar-refractivity contribution in [3.05, 3.63) is 35.8 Å². The van der Waals surface area contributed by atoms with E-state index in [0.717, 1.165) is 5.57 Å². The van der Waals surface area contributed by atoms with E-state index in [9.17, 15) is 8.42 Å². The van der Waals surface area contributed by atoms with Gasteiger partial charge in [-0.3, -0.25) is 9.29 Å². The molecule has 4 atom stereocenters. The van der Waals surface area contributed by atoms with E-state index in [1.54, 1.807) is 42.8 Å². The van der Waals surface area contributed by atoms with Crippen LogP contribution in [0, 0.1) is 5.92 Å². The Morgan fingerprint density at radius 1 is 1.24 bits per heavy atom. The molecule has 3 rings (SSSR count). The van der Waals surface area contributed by atoms with Gasteiger partial charge in [0.1, 0.15) is 28.8 Å². The van der Waals surface area contributed by atoms with E-state index in [-0.39, 0.29) is 18.0 Å². The Bertz CT molecular complexity index is 1260. The van der Waals surface area contributed by atoms with E-state index < -0.39 is 21.2 Å². The first-order valence-corrected chi connectivity index (χ1v) is 13.6. The number of hydrogen-bond donors (Lipinski definition) is 1. The Morgan fingerprint density at radius 2 is 1.89 bits per heavy atom. The molecule has 1 aliphatic heterocycles. The molecule has 0 aliphatic carbocycles. The quantitative estimate of drug-likeness (QED) is 0.362. The van der Waals surface area contributed by atoms with Crippen LogP contribution in [0.5, 0.6) is 11.5 Å². The van der Waals surface area contributed by atoms with E-state index in [0.29, 0.717) is 41.9 Å². The molecule has 2 aromatic rings. The van der Waals surface area contributed by atoms with Crippen LogP contribution in [0.1, 0.15) is 52.8 Å². The Balaban J connectivity index is 2.11. The summed E-state index contributed by atoms with van der Waals surface area (Å²) in [5, 5.41) is 7.74. The number of nitrogens with one attached hydrogen (secondary N) is 1. The van der Waals surface area contributed by atoms with E-state index >= 15 is 0 Å². The predicted octanol–water partition coefficient (Wildman–Crippen LogP) is 3.97. The van der Waals surface area contributed by atoms with E-state index in [1.165, 1.54) is 14.2 Å². The number of allylic oxidation sites excluding steroid dienone is 1. The summed E-state index contributed by atoms with van der Waals surface area (Å²) in [6.45, 7) is 13.2. The van der Waals surface area contributed by atoms with Gasteiger partial charge in [-0.1, -0.05) is 18.6 Å². The molecule has 12 heteroatoms. The fraction of sp³-hybridized carbons (Fsp3) is 0.520. The highest BCUT2D eigenvalue weighted by Gasteiger charge is 2.36. The van der Waals surface area contributed by atoms with Gasteiger partial charge >= 0.3 is 0 Å². The largest absolute Gasteiger partial charge is 0.494 e. The van der Waals surface area contributed by atoms with Crippen molar-refractivity contribution in [3.8, 4) is 17.2 Å². The summed E-state index contributed by atoms with van der Waals surface area (Å²) in [7, 11) is -0.906. The summed E-state index contributed by atoms with van der Waals surface area (Å²) >= 11 is 0. The Kier molecular flexibility index (Phi) is 9.08. The van der Waals surface area contributed by atoms with Gasteiger partial charge in [0.05, 0.1) is 25.6 Å². The molecule has 11 nitrogen and oxygen atoms in total. The number of amidine groups is 1. The molecule has 1 aromatic carbocycles. The third kappa shape index (κ3) is 6.02. The van der Waals surface area contributed by atoms with Crippen LogP contribution in [0.4, 0.5) is 5.95 Å². The first-order chi connectivity index (χ1) is 17.5. The van der Waals surface area contributed by atoms with Gasteiger partial charge in [-0.25, -0.2) is 18.4 Å². The third-order valence-corrected chi connectivity index (χ3v) is 8.33. The van der Waals surface area contributed by atoms with Crippen molar-refractivity contribution in [2.24, 2.45) is 15.9 Å². The average molecular weight is 533 g/mol. The minimum absolute atomic E-state index is 0.0188. The minimum Gasteiger partial charge on any atom is -0.494 e. The topological polar surface area (TPSA) is 129 Å². The number of sulfonamides is 1. The van der Waals surface area contributed by atoms with Gasteiger partial charge in [-0.05, 0) is 53.0 Å². The van der Waals surface area contributed by atoms with Crippen LogP contribution in [0.3, 0.4) is 0 Å². The highest BCUT2D eigenvalue weighted by atomic mass is 32.2. The first-order valence-electron chi connectivity index (χ1n) is 12.0. The van der Waals surface area contributed by atoms with Crippen LogP contribution in [-0.4, -0.2) is 67.9 Å². The molecular formula is C25H36N6O5S. The number of ether oxygens (including phenoxy) is 3. The zero-order valence-corrected chi connectivity index (χ0v) is 23.2. The molecule has 1 fully saturated rings. The molecule has 0 bridgehead atoms. The summed E-state index contributed by atoms with van der Waals surface area (Å²) in [6, 6.07) is 5.32. The highest BCUT2D eigenvalue weighted by Crippen LogP contribution is 2.39. The van der Waals surface area contributed by atoms with Gasteiger partial charge in [0.2, 0.25) is 16.0 Å². The van der Waals surface area contributed by atoms with Crippen molar-refractivity contribution in [3.63, 3.8) is 0 Å². The summed E-state index contributed by atoms with van der Waals surface area (Å²) in [6.07, 6.45) is 2.22. The number of aliphatic imine (C=N–C) groups is 2. The van der Waals surface area contributed by atoms with Crippen LogP contribution in [0.2, 0.25) is 0 Å². The van der Waals surface area contributed by atoms with Gasteiger partial charge in [-0.15, -0.1) is 10.2 Å². The average Bonchev–Trinajstić information content (AvgIpc) is 3.47. The Hall–Kier alpha value is -3.25. The number of nitrogens with zero attached hydrogens (tertiary/aromatic N) is 5. The zero-order valence-electron chi connectivity index (χ0n) is 22.4. The monoisotopic (exact) mass is 532 g/mol. The second kappa shape index (κ2) is 11.9. The summed E-state index contributed by atoms with van der Waals surface area (Å²) in [5.74, 6) is 1.18. The lowest BCUT2D eigenvalue weighted by Gasteiger charge is -2.23. The maximum absolute atomic E-state index is 13.6. The number of methoxy groups -OCH3 is 2. The van der Waals surface area contributed by atoms with Crippen molar-refractivity contribution < 1.29 is 22.6 Å². The second-order valence-corrected chi connectivity index (χ2v) is 11.2. The minimum atomic E-state index is -3.98. The molecule has 1 aliphatic rings. The molecule has 202 valence electrons. The summed E-state index contributed by atoms with van der Waals surface area (Å²) < 4.78 is 48.4. The van der Waals surface area contributed by atoms with Gasteiger partial charge < -0.3 is 14.2 Å². The molecule has 37 heavy (non-hydrogen) atoms. The number of benzene rings is 1. The first kappa shape index (κ1) is 28.3. The van der Waals surface area contributed by atoms with Crippen molar-refractivity contribution >= 4 is 28.5 Å². The van der Waals surface area contributed by atoms with Gasteiger partial charge in [0.15, 0.2) is 0 Å². The molecule has 1 saturated heterocycles. The van der Waals surface area contributed by atoms with E-state index in [1.807, 2.05) is 20.8 Å². The Labute approximate surface area is 218 Å². The van der Waals surface area contributed by atoms with Crippen molar-refractivity contribution in [1.29, 1.82) is 0 Å². The van der Waals surface area contributed by atoms with Crippen molar-refractivity contribution in [1.82, 2.24) is 14.8 Å². The lowest BCUT2D eigenvalue weighted by atomic mass is 10.0. The molecule has 2 heterocycles. The lowest BCUT2D eigenvalue weighted by Crippen LogP contribution is -2.35. The second-order valence-electron chi connectivity index (χ2n) is 9.19. The molecule has 0 radical (unpaired) electrons. The standard InChI is InChI=1S/C25H36N6O5S/c1-15(2)14-27-23(26-6)16(3)18(5)37(32,33)30-25-29-28-24(19-12-13-36-17(19)4)31(25)22-20(34-7)10-9-11-21(22)35-8/h9-11,14,16-19H,6,12-13H2,1-5,7-8H3,(H,29,30)/t16-,17+,18-,19-/m0/s1. The van der Waals surface area contributed by atoms with Gasteiger partial charge in [0, 0.05) is 24.6 Å². The normalized spacial score (nSPS) is 19.7. The smallest absolute Gasteiger partial charge is 0.243 e. The number of aromatic nitrogens is 3. The van der Waals surface area contributed by atoms with E-state index in [2.05, 4.69) is 31.6 Å². The van der Waals surface area contributed by atoms with Crippen molar-refractivity contribution in [2.75, 3.05) is 25.5 Å².